The maximum absolute atomic E-state index is 12.2. The summed E-state index contributed by atoms with van der Waals surface area (Å²) in [7, 11) is 0. The van der Waals surface area contributed by atoms with Crippen molar-refractivity contribution in [2.24, 2.45) is 0 Å². The molecule has 0 spiro atoms. The summed E-state index contributed by atoms with van der Waals surface area (Å²) in [4.78, 5) is 23.9. The third kappa shape index (κ3) is 3.20. The Kier molecular flexibility index (Phi) is 5.06. The van der Waals surface area contributed by atoms with Crippen LogP contribution in [0.25, 0.3) is 27.6 Å². The number of imidazole rings is 1. The Morgan fingerprint density at radius 2 is 1.88 bits per heavy atom. The Morgan fingerprint density at radius 1 is 1.12 bits per heavy atom. The Labute approximate surface area is 186 Å². The molecule has 1 saturated heterocycles. The van der Waals surface area contributed by atoms with Crippen molar-refractivity contribution in [3.63, 3.8) is 0 Å². The highest BCUT2D eigenvalue weighted by atomic mass is 16.5. The van der Waals surface area contributed by atoms with E-state index in [-0.39, 0.29) is 5.56 Å². The second kappa shape index (κ2) is 7.91. The summed E-state index contributed by atoms with van der Waals surface area (Å²) in [5.41, 5.74) is 6.48. The molecule has 7 heteroatoms. The van der Waals surface area contributed by atoms with Crippen LogP contribution in [0.15, 0.2) is 36.4 Å². The fourth-order valence-electron chi connectivity index (χ4n) is 4.76. The highest BCUT2D eigenvalue weighted by Crippen LogP contribution is 2.34. The highest BCUT2D eigenvalue weighted by molar-refractivity contribution is 6.04. The van der Waals surface area contributed by atoms with E-state index in [4.69, 9.17) is 14.7 Å². The summed E-state index contributed by atoms with van der Waals surface area (Å²) in [6.45, 7) is 8.82. The van der Waals surface area contributed by atoms with Gasteiger partial charge < -0.3 is 14.7 Å². The van der Waals surface area contributed by atoms with E-state index in [0.717, 1.165) is 64.4 Å². The van der Waals surface area contributed by atoms with E-state index in [0.29, 0.717) is 18.7 Å². The van der Waals surface area contributed by atoms with Crippen molar-refractivity contribution in [1.82, 2.24) is 14.5 Å². The van der Waals surface area contributed by atoms with Crippen molar-refractivity contribution in [3.8, 4) is 5.69 Å². The number of aryl methyl sites for hydroxylation is 2. The van der Waals surface area contributed by atoms with Gasteiger partial charge in [-0.1, -0.05) is 25.1 Å². The first-order valence-electron chi connectivity index (χ1n) is 11.0. The number of hydrogen-bond donors (Lipinski definition) is 1. The Balaban J connectivity index is 1.87. The van der Waals surface area contributed by atoms with Gasteiger partial charge in [-0.25, -0.2) is 9.78 Å². The Hall–Kier alpha value is -3.45. The van der Waals surface area contributed by atoms with Crippen molar-refractivity contribution in [2.75, 3.05) is 31.2 Å². The maximum Gasteiger partial charge on any atom is 0.338 e. The summed E-state index contributed by atoms with van der Waals surface area (Å²) in [6.07, 6.45) is 0.813. The predicted molar refractivity (Wildman–Crippen MR) is 125 cm³/mol. The van der Waals surface area contributed by atoms with Crippen LogP contribution in [0.1, 0.15) is 34.4 Å². The first-order valence-corrected chi connectivity index (χ1v) is 11.0. The number of aromatic carboxylic acids is 1. The lowest BCUT2D eigenvalue weighted by Gasteiger charge is -2.29. The van der Waals surface area contributed by atoms with Crippen LogP contribution in [0, 0.1) is 13.8 Å². The van der Waals surface area contributed by atoms with Crippen LogP contribution in [0.2, 0.25) is 0 Å². The van der Waals surface area contributed by atoms with Gasteiger partial charge in [-0.05, 0) is 44.0 Å². The average molecular weight is 431 g/mol. The molecule has 5 rings (SSSR count). The number of fused-ring (bicyclic) bond motifs is 2. The van der Waals surface area contributed by atoms with Crippen molar-refractivity contribution in [2.45, 2.75) is 27.2 Å². The fourth-order valence-corrected chi connectivity index (χ4v) is 4.76. The van der Waals surface area contributed by atoms with E-state index in [1.807, 2.05) is 32.0 Å². The minimum Gasteiger partial charge on any atom is -0.478 e. The molecule has 0 unspecified atom stereocenters. The molecule has 4 aromatic rings. The lowest BCUT2D eigenvalue weighted by molar-refractivity contribution is 0.0699. The van der Waals surface area contributed by atoms with Gasteiger partial charge in [0.1, 0.15) is 11.3 Å². The van der Waals surface area contributed by atoms with Gasteiger partial charge in [0.2, 0.25) is 0 Å². The lowest BCUT2D eigenvalue weighted by Crippen LogP contribution is -2.36. The minimum atomic E-state index is -0.971. The summed E-state index contributed by atoms with van der Waals surface area (Å²) in [5.74, 6) is -0.215. The number of rotatable bonds is 4. The van der Waals surface area contributed by atoms with Crippen LogP contribution in [0.4, 0.5) is 5.69 Å². The van der Waals surface area contributed by atoms with Gasteiger partial charge >= 0.3 is 5.97 Å². The van der Waals surface area contributed by atoms with E-state index >= 15 is 0 Å². The SMILES string of the molecule is CCc1c(C)nc2ccccc2c1-n1c(C)nc2c(C(=O)O)cc(N3CCOCC3)cc21. The number of carbonyl (C=O) groups is 1. The van der Waals surface area contributed by atoms with Gasteiger partial charge in [-0.2, -0.15) is 0 Å². The van der Waals surface area contributed by atoms with Crippen molar-refractivity contribution in [3.05, 3.63) is 59.0 Å². The maximum atomic E-state index is 12.2. The number of ether oxygens (including phenoxy) is 1. The van der Waals surface area contributed by atoms with E-state index in [1.165, 1.54) is 0 Å². The molecule has 0 aliphatic carbocycles. The largest absolute Gasteiger partial charge is 0.478 e. The number of aromatic nitrogens is 3. The van der Waals surface area contributed by atoms with Gasteiger partial charge in [0, 0.05) is 29.9 Å². The van der Waals surface area contributed by atoms with Crippen LogP contribution in [0.5, 0.6) is 0 Å². The number of benzene rings is 2. The molecular formula is C25H26N4O3. The molecule has 0 atom stereocenters. The number of carboxylic acids is 1. The molecule has 1 N–H and O–H groups in total. The number of para-hydroxylation sites is 1. The van der Waals surface area contributed by atoms with Crippen LogP contribution >= 0.6 is 0 Å². The zero-order valence-electron chi connectivity index (χ0n) is 18.6. The van der Waals surface area contributed by atoms with Crippen molar-refractivity contribution in [1.29, 1.82) is 0 Å². The molecule has 7 nitrogen and oxygen atoms in total. The third-order valence-corrected chi connectivity index (χ3v) is 6.27. The standard InChI is InChI=1S/C25H26N4O3/c1-4-18-15(2)26-21-8-6-5-7-19(21)24(18)29-16(3)27-23-20(25(30)31)13-17(14-22(23)29)28-9-11-32-12-10-28/h5-8,13-14H,4,9-12H2,1-3H3,(H,30,31). The molecule has 0 saturated carbocycles. The number of pyridine rings is 1. The normalized spacial score (nSPS) is 14.4. The molecule has 3 heterocycles. The van der Waals surface area contributed by atoms with Gasteiger partial charge in [0.25, 0.3) is 0 Å². The van der Waals surface area contributed by atoms with Gasteiger partial charge in [0.15, 0.2) is 0 Å². The molecule has 32 heavy (non-hydrogen) atoms. The number of carboxylic acid groups (broad SMARTS) is 1. The van der Waals surface area contributed by atoms with Crippen LogP contribution in [0.3, 0.4) is 0 Å². The summed E-state index contributed by atoms with van der Waals surface area (Å²) >= 11 is 0. The zero-order valence-corrected chi connectivity index (χ0v) is 18.6. The number of morpholine rings is 1. The van der Waals surface area contributed by atoms with E-state index < -0.39 is 5.97 Å². The summed E-state index contributed by atoms with van der Waals surface area (Å²) < 4.78 is 7.61. The molecule has 2 aromatic heterocycles. The minimum absolute atomic E-state index is 0.221. The second-order valence-corrected chi connectivity index (χ2v) is 8.16. The van der Waals surface area contributed by atoms with E-state index in [2.05, 4.69) is 28.5 Å². The molecular weight excluding hydrogens is 404 g/mol. The molecule has 0 radical (unpaired) electrons. The molecule has 0 amide bonds. The van der Waals surface area contributed by atoms with E-state index in [9.17, 15) is 9.90 Å². The molecule has 2 aromatic carbocycles. The summed E-state index contributed by atoms with van der Waals surface area (Å²) in [5, 5.41) is 11.0. The molecule has 1 aliphatic heterocycles. The number of nitrogens with zero attached hydrogens (tertiary/aromatic N) is 4. The number of anilines is 1. The third-order valence-electron chi connectivity index (χ3n) is 6.27. The van der Waals surface area contributed by atoms with Gasteiger partial charge in [-0.15, -0.1) is 0 Å². The van der Waals surface area contributed by atoms with Crippen LogP contribution in [-0.4, -0.2) is 51.9 Å². The summed E-state index contributed by atoms with van der Waals surface area (Å²) in [6, 6.07) is 11.9. The Bertz CT molecular complexity index is 1350. The van der Waals surface area contributed by atoms with Crippen LogP contribution < -0.4 is 4.90 Å². The average Bonchev–Trinajstić information content (AvgIpc) is 3.13. The van der Waals surface area contributed by atoms with E-state index in [1.54, 1.807) is 6.07 Å². The van der Waals surface area contributed by atoms with Crippen molar-refractivity contribution < 1.29 is 14.6 Å². The van der Waals surface area contributed by atoms with Gasteiger partial charge in [-0.3, -0.25) is 9.55 Å². The highest BCUT2D eigenvalue weighted by Gasteiger charge is 2.23. The quantitative estimate of drug-likeness (QED) is 0.520. The monoisotopic (exact) mass is 430 g/mol. The first kappa shape index (κ1) is 20.5. The molecule has 1 aliphatic rings. The fraction of sp³-hybridized carbons (Fsp3) is 0.320. The first-order chi connectivity index (χ1) is 15.5. The Morgan fingerprint density at radius 3 is 2.59 bits per heavy atom. The van der Waals surface area contributed by atoms with Crippen LogP contribution in [-0.2, 0) is 11.2 Å². The zero-order chi connectivity index (χ0) is 22.4. The molecule has 1 fully saturated rings. The van der Waals surface area contributed by atoms with Crippen molar-refractivity contribution >= 4 is 33.6 Å². The topological polar surface area (TPSA) is 80.5 Å². The predicted octanol–water partition coefficient (Wildman–Crippen LogP) is 4.29. The lowest BCUT2D eigenvalue weighted by atomic mass is 10.0. The molecule has 0 bridgehead atoms. The van der Waals surface area contributed by atoms with Gasteiger partial charge in [0.05, 0.1) is 35.5 Å². The molecule has 164 valence electrons. The number of hydrogen-bond acceptors (Lipinski definition) is 5. The smallest absolute Gasteiger partial charge is 0.338 e. The second-order valence-electron chi connectivity index (χ2n) is 8.16.